The highest BCUT2D eigenvalue weighted by atomic mass is 16.5. The Labute approximate surface area is 162 Å². The summed E-state index contributed by atoms with van der Waals surface area (Å²) in [5.41, 5.74) is 10.2. The molecule has 142 valence electrons. The Bertz CT molecular complexity index is 1110. The average molecular weight is 375 g/mol. The highest BCUT2D eigenvalue weighted by molar-refractivity contribution is 5.97. The molecule has 4 rings (SSSR count). The highest BCUT2D eigenvalue weighted by Gasteiger charge is 2.11. The van der Waals surface area contributed by atoms with Gasteiger partial charge < -0.3 is 20.4 Å². The maximum absolute atomic E-state index is 5.74. The molecule has 3 heterocycles. The van der Waals surface area contributed by atoms with E-state index in [-0.39, 0.29) is 5.95 Å². The summed E-state index contributed by atoms with van der Waals surface area (Å²) in [6, 6.07) is 7.92. The first kappa shape index (κ1) is 17.9. The Kier molecular flexibility index (Phi) is 4.86. The molecule has 1 aromatic carbocycles. The molecule has 8 nitrogen and oxygen atoms in total. The normalized spacial score (nSPS) is 11.2. The number of ether oxygens (including phenoxy) is 1. The molecule has 0 atom stereocenters. The van der Waals surface area contributed by atoms with E-state index < -0.39 is 0 Å². The highest BCUT2D eigenvalue weighted by Crippen LogP contribution is 2.31. The zero-order valence-corrected chi connectivity index (χ0v) is 15.8. The van der Waals surface area contributed by atoms with Crippen LogP contribution in [0, 0.1) is 0 Å². The van der Waals surface area contributed by atoms with Gasteiger partial charge >= 0.3 is 0 Å². The molecular formula is C20H21N7O. The van der Waals surface area contributed by atoms with E-state index >= 15 is 0 Å². The van der Waals surface area contributed by atoms with E-state index in [1.54, 1.807) is 18.6 Å². The molecule has 0 aliphatic carbocycles. The summed E-state index contributed by atoms with van der Waals surface area (Å²) in [6.45, 7) is 1.37. The van der Waals surface area contributed by atoms with Gasteiger partial charge in [0, 0.05) is 41.0 Å². The summed E-state index contributed by atoms with van der Waals surface area (Å²) in [7, 11) is 4.00. The van der Waals surface area contributed by atoms with Crippen molar-refractivity contribution in [1.29, 1.82) is 0 Å². The predicted molar refractivity (Wildman–Crippen MR) is 109 cm³/mol. The molecule has 3 aromatic heterocycles. The number of nitrogens with two attached hydrogens (primary N) is 1. The van der Waals surface area contributed by atoms with Crippen LogP contribution in [0.3, 0.4) is 0 Å². The van der Waals surface area contributed by atoms with Gasteiger partial charge in [-0.1, -0.05) is 6.07 Å². The van der Waals surface area contributed by atoms with E-state index in [0.717, 1.165) is 40.0 Å². The van der Waals surface area contributed by atoms with Crippen molar-refractivity contribution in [3.63, 3.8) is 0 Å². The molecule has 0 bridgehead atoms. The molecule has 8 heteroatoms. The molecule has 4 aromatic rings. The number of aromatic amines is 1. The number of benzene rings is 1. The molecule has 0 radical (unpaired) electrons. The standard InChI is InChI=1S/C20H21N7O/c1-27(2)7-8-28-19-12-22-11-18(25-19)13-3-4-16-14(9-13)15(10-24-16)17-5-6-23-20(21)26-17/h3-6,9-12,24H,7-8H2,1-2H3,(H2,21,23,26). The fourth-order valence-electron chi connectivity index (χ4n) is 2.91. The minimum absolute atomic E-state index is 0.247. The van der Waals surface area contributed by atoms with Gasteiger partial charge in [0.05, 0.1) is 23.8 Å². The van der Waals surface area contributed by atoms with Gasteiger partial charge in [0.1, 0.15) is 6.61 Å². The fraction of sp³-hybridized carbons (Fsp3) is 0.200. The van der Waals surface area contributed by atoms with Gasteiger partial charge in [0.2, 0.25) is 11.8 Å². The fourth-order valence-corrected chi connectivity index (χ4v) is 2.91. The number of hydrogen-bond acceptors (Lipinski definition) is 7. The third-order valence-electron chi connectivity index (χ3n) is 4.33. The Morgan fingerprint density at radius 2 is 2.00 bits per heavy atom. The molecule has 0 saturated heterocycles. The molecule has 0 aliphatic heterocycles. The topological polar surface area (TPSA) is 106 Å². The van der Waals surface area contributed by atoms with Crippen molar-refractivity contribution in [3.05, 3.63) is 49.1 Å². The lowest BCUT2D eigenvalue weighted by atomic mass is 10.1. The van der Waals surface area contributed by atoms with E-state index in [4.69, 9.17) is 10.5 Å². The first-order valence-corrected chi connectivity index (χ1v) is 8.90. The number of likely N-dealkylation sites (N-methyl/N-ethyl adjacent to an activating group) is 1. The molecule has 28 heavy (non-hydrogen) atoms. The van der Waals surface area contributed by atoms with E-state index in [9.17, 15) is 0 Å². The molecule has 0 spiro atoms. The van der Waals surface area contributed by atoms with E-state index in [1.165, 1.54) is 0 Å². The second-order valence-corrected chi connectivity index (χ2v) is 6.66. The Morgan fingerprint density at radius 1 is 1.11 bits per heavy atom. The van der Waals surface area contributed by atoms with Crippen LogP contribution in [-0.4, -0.2) is 57.1 Å². The first-order chi connectivity index (χ1) is 13.6. The van der Waals surface area contributed by atoms with Crippen LogP contribution in [0.2, 0.25) is 0 Å². The van der Waals surface area contributed by atoms with E-state index in [2.05, 4.69) is 35.9 Å². The summed E-state index contributed by atoms with van der Waals surface area (Å²) in [4.78, 5) is 22.5. The summed E-state index contributed by atoms with van der Waals surface area (Å²) < 4.78 is 5.71. The van der Waals surface area contributed by atoms with E-state index in [0.29, 0.717) is 12.5 Å². The summed E-state index contributed by atoms with van der Waals surface area (Å²) in [5, 5.41) is 1.02. The number of fused-ring (bicyclic) bond motifs is 1. The zero-order chi connectivity index (χ0) is 19.5. The minimum atomic E-state index is 0.247. The van der Waals surface area contributed by atoms with Gasteiger partial charge in [-0.25, -0.2) is 15.0 Å². The van der Waals surface area contributed by atoms with Crippen molar-refractivity contribution >= 4 is 16.9 Å². The Morgan fingerprint density at radius 3 is 2.82 bits per heavy atom. The van der Waals surface area contributed by atoms with Crippen LogP contribution in [0.1, 0.15) is 0 Å². The van der Waals surface area contributed by atoms with Gasteiger partial charge in [0.25, 0.3) is 0 Å². The number of nitrogen functional groups attached to an aromatic ring is 1. The number of anilines is 1. The third kappa shape index (κ3) is 3.77. The van der Waals surface area contributed by atoms with Crippen molar-refractivity contribution in [2.24, 2.45) is 0 Å². The van der Waals surface area contributed by atoms with Crippen molar-refractivity contribution in [1.82, 2.24) is 29.8 Å². The average Bonchev–Trinajstić information content (AvgIpc) is 3.11. The zero-order valence-electron chi connectivity index (χ0n) is 15.8. The van der Waals surface area contributed by atoms with Crippen molar-refractivity contribution in [2.45, 2.75) is 0 Å². The largest absolute Gasteiger partial charge is 0.475 e. The van der Waals surface area contributed by atoms with Crippen molar-refractivity contribution < 1.29 is 4.74 Å². The van der Waals surface area contributed by atoms with Crippen LogP contribution in [0.5, 0.6) is 5.88 Å². The number of nitrogens with zero attached hydrogens (tertiary/aromatic N) is 5. The van der Waals surface area contributed by atoms with Crippen molar-refractivity contribution in [3.8, 4) is 28.4 Å². The van der Waals surface area contributed by atoms with Crippen LogP contribution in [-0.2, 0) is 0 Å². The lowest BCUT2D eigenvalue weighted by Gasteiger charge is -2.10. The second kappa shape index (κ2) is 7.61. The monoisotopic (exact) mass is 375 g/mol. The first-order valence-electron chi connectivity index (χ1n) is 8.90. The van der Waals surface area contributed by atoms with Crippen LogP contribution < -0.4 is 10.5 Å². The van der Waals surface area contributed by atoms with Gasteiger partial charge in [-0.2, -0.15) is 0 Å². The third-order valence-corrected chi connectivity index (χ3v) is 4.33. The Balaban J connectivity index is 1.67. The summed E-state index contributed by atoms with van der Waals surface area (Å²) in [6.07, 6.45) is 6.93. The maximum Gasteiger partial charge on any atom is 0.232 e. The lowest BCUT2D eigenvalue weighted by Crippen LogP contribution is -2.19. The number of nitrogens with one attached hydrogen (secondary N) is 1. The van der Waals surface area contributed by atoms with Gasteiger partial charge in [-0.15, -0.1) is 0 Å². The molecular weight excluding hydrogens is 354 g/mol. The van der Waals surface area contributed by atoms with Gasteiger partial charge in [-0.3, -0.25) is 4.98 Å². The lowest BCUT2D eigenvalue weighted by molar-refractivity contribution is 0.253. The summed E-state index contributed by atoms with van der Waals surface area (Å²) >= 11 is 0. The quantitative estimate of drug-likeness (QED) is 0.533. The van der Waals surface area contributed by atoms with Crippen LogP contribution in [0.4, 0.5) is 5.95 Å². The second-order valence-electron chi connectivity index (χ2n) is 6.66. The molecule has 0 fully saturated rings. The number of H-pyrrole nitrogens is 1. The molecule has 0 amide bonds. The SMILES string of the molecule is CN(C)CCOc1cncc(-c2ccc3[nH]cc(-c4ccnc(N)n4)c3c2)n1. The summed E-state index contributed by atoms with van der Waals surface area (Å²) in [5.74, 6) is 0.758. The van der Waals surface area contributed by atoms with Crippen LogP contribution in [0.15, 0.2) is 49.1 Å². The minimum Gasteiger partial charge on any atom is -0.475 e. The number of aromatic nitrogens is 5. The molecule has 3 N–H and O–H groups in total. The number of rotatable bonds is 6. The van der Waals surface area contributed by atoms with Crippen molar-refractivity contribution in [2.75, 3.05) is 33.0 Å². The maximum atomic E-state index is 5.74. The van der Waals surface area contributed by atoms with Gasteiger partial charge in [-0.05, 0) is 32.3 Å². The molecule has 0 unspecified atom stereocenters. The van der Waals surface area contributed by atoms with E-state index in [1.807, 2.05) is 38.5 Å². The Hall–Kier alpha value is -3.52. The van der Waals surface area contributed by atoms with Crippen LogP contribution in [0.25, 0.3) is 33.4 Å². The molecule has 0 aliphatic rings. The van der Waals surface area contributed by atoms with Crippen LogP contribution >= 0.6 is 0 Å². The predicted octanol–water partition coefficient (Wildman–Crippen LogP) is 2.60. The number of hydrogen-bond donors (Lipinski definition) is 2. The van der Waals surface area contributed by atoms with Gasteiger partial charge in [0.15, 0.2) is 0 Å². The smallest absolute Gasteiger partial charge is 0.232 e. The molecule has 0 saturated carbocycles.